The van der Waals surface area contributed by atoms with Crippen LogP contribution < -0.4 is 18.7 Å². The second kappa shape index (κ2) is 10.1. The zero-order valence-electron chi connectivity index (χ0n) is 18.1. The van der Waals surface area contributed by atoms with E-state index in [0.717, 1.165) is 10.4 Å². The summed E-state index contributed by atoms with van der Waals surface area (Å²) < 4.78 is 62.7. The number of carboxylic acid groups (broad SMARTS) is 1. The molecule has 1 amide bonds. The molecule has 0 radical (unpaired) electrons. The van der Waals surface area contributed by atoms with Crippen LogP contribution in [0.25, 0.3) is 0 Å². The summed E-state index contributed by atoms with van der Waals surface area (Å²) in [6.07, 6.45) is -0.989. The van der Waals surface area contributed by atoms with Gasteiger partial charge in [0.05, 0.1) is 23.4 Å². The number of hydrogen-bond donors (Lipinski definition) is 1. The number of methoxy groups -OCH3 is 1. The maximum atomic E-state index is 13.3. The van der Waals surface area contributed by atoms with Crippen molar-refractivity contribution in [1.29, 1.82) is 0 Å². The first-order valence-corrected chi connectivity index (χ1v) is 11.6. The monoisotopic (exact) mass is 485 g/mol. The van der Waals surface area contributed by atoms with Crippen molar-refractivity contribution < 1.29 is 36.6 Å². The van der Waals surface area contributed by atoms with E-state index in [2.05, 4.69) is 4.74 Å². The van der Waals surface area contributed by atoms with E-state index in [4.69, 9.17) is 9.84 Å². The highest BCUT2D eigenvalue weighted by Gasteiger charge is 2.27. The SMILES string of the molecule is CCN(c1ccc(OC)c(N2CCN(C(=O)O)CC2)c1)S(=O)(=O)c1cccc(OC(F)F)c1. The molecule has 1 fully saturated rings. The molecule has 1 heterocycles. The van der Waals surface area contributed by atoms with Gasteiger partial charge in [0.2, 0.25) is 0 Å². The summed E-state index contributed by atoms with van der Waals surface area (Å²) in [6, 6.07) is 9.85. The third-order valence-corrected chi connectivity index (χ3v) is 7.15. The molecule has 9 nitrogen and oxygen atoms in total. The Hall–Kier alpha value is -3.28. The fraction of sp³-hybridized carbons (Fsp3) is 0.381. The number of carbonyl (C=O) groups is 1. The number of hydrogen-bond acceptors (Lipinski definition) is 6. The van der Waals surface area contributed by atoms with E-state index in [-0.39, 0.29) is 17.2 Å². The molecule has 0 spiro atoms. The van der Waals surface area contributed by atoms with Crippen molar-refractivity contribution in [2.24, 2.45) is 0 Å². The van der Waals surface area contributed by atoms with Gasteiger partial charge >= 0.3 is 12.7 Å². The Morgan fingerprint density at radius 3 is 2.42 bits per heavy atom. The molecule has 0 bridgehead atoms. The number of ether oxygens (including phenoxy) is 2. The minimum Gasteiger partial charge on any atom is -0.495 e. The molecule has 180 valence electrons. The third kappa shape index (κ3) is 5.38. The van der Waals surface area contributed by atoms with Crippen molar-refractivity contribution in [1.82, 2.24) is 4.90 Å². The van der Waals surface area contributed by atoms with Gasteiger partial charge in [0.25, 0.3) is 10.0 Å². The lowest BCUT2D eigenvalue weighted by Crippen LogP contribution is -2.48. The minimum atomic E-state index is -4.09. The number of rotatable bonds is 8. The Kier molecular flexibility index (Phi) is 7.46. The predicted molar refractivity (Wildman–Crippen MR) is 118 cm³/mol. The molecule has 1 saturated heterocycles. The van der Waals surface area contributed by atoms with Crippen LogP contribution in [-0.4, -0.2) is 71.0 Å². The molecule has 1 aliphatic rings. The van der Waals surface area contributed by atoms with E-state index in [1.807, 2.05) is 4.90 Å². The molecule has 2 aromatic rings. The van der Waals surface area contributed by atoms with Gasteiger partial charge in [-0.15, -0.1) is 0 Å². The topological polar surface area (TPSA) is 99.6 Å². The molecule has 1 N–H and O–H groups in total. The van der Waals surface area contributed by atoms with E-state index >= 15 is 0 Å². The van der Waals surface area contributed by atoms with E-state index < -0.39 is 22.7 Å². The molecule has 0 atom stereocenters. The van der Waals surface area contributed by atoms with Crippen molar-refractivity contribution in [3.05, 3.63) is 42.5 Å². The lowest BCUT2D eigenvalue weighted by atomic mass is 10.2. The summed E-state index contributed by atoms with van der Waals surface area (Å²) in [7, 11) is -2.59. The average Bonchev–Trinajstić information content (AvgIpc) is 2.79. The number of alkyl halides is 2. The number of halogens is 2. The van der Waals surface area contributed by atoms with Crippen molar-refractivity contribution in [2.45, 2.75) is 18.4 Å². The Morgan fingerprint density at radius 1 is 1.15 bits per heavy atom. The molecule has 0 aliphatic carbocycles. The van der Waals surface area contributed by atoms with Crippen LogP contribution >= 0.6 is 0 Å². The standard InChI is InChI=1S/C21H25F2N3O6S/c1-3-26(33(29,30)17-6-4-5-16(14-17)32-20(22)23)15-7-8-19(31-2)18(13-15)24-9-11-25(12-10-24)21(27)28/h4-8,13-14,20H,3,9-12H2,1-2H3,(H,27,28). The number of nitrogens with zero attached hydrogens (tertiary/aromatic N) is 3. The van der Waals surface area contributed by atoms with Crippen LogP contribution in [0.4, 0.5) is 25.0 Å². The zero-order valence-corrected chi connectivity index (χ0v) is 19.0. The van der Waals surface area contributed by atoms with Crippen molar-refractivity contribution >= 4 is 27.5 Å². The molecule has 3 rings (SSSR count). The van der Waals surface area contributed by atoms with Gasteiger partial charge in [0, 0.05) is 38.8 Å². The molecule has 2 aromatic carbocycles. The smallest absolute Gasteiger partial charge is 0.407 e. The van der Waals surface area contributed by atoms with E-state index in [1.165, 1.54) is 30.2 Å². The molecule has 1 aliphatic heterocycles. The van der Waals surface area contributed by atoms with Gasteiger partial charge in [0.1, 0.15) is 11.5 Å². The quantitative estimate of drug-likeness (QED) is 0.612. The van der Waals surface area contributed by atoms with Crippen LogP contribution in [0, 0.1) is 0 Å². The zero-order chi connectivity index (χ0) is 24.2. The van der Waals surface area contributed by atoms with Gasteiger partial charge < -0.3 is 24.4 Å². The summed E-state index contributed by atoms with van der Waals surface area (Å²) in [4.78, 5) is 14.2. The van der Waals surface area contributed by atoms with Crippen LogP contribution in [0.15, 0.2) is 47.4 Å². The second-order valence-electron chi connectivity index (χ2n) is 7.14. The molecule has 33 heavy (non-hydrogen) atoms. The number of amides is 1. The average molecular weight is 486 g/mol. The summed E-state index contributed by atoms with van der Waals surface area (Å²) in [5.41, 5.74) is 0.984. The molecular weight excluding hydrogens is 460 g/mol. The van der Waals surface area contributed by atoms with Gasteiger partial charge in [-0.25, -0.2) is 13.2 Å². The van der Waals surface area contributed by atoms with Crippen LogP contribution in [0.3, 0.4) is 0 Å². The lowest BCUT2D eigenvalue weighted by molar-refractivity contribution is -0.0500. The first kappa shape index (κ1) is 24.4. The number of anilines is 2. The van der Waals surface area contributed by atoms with E-state index in [1.54, 1.807) is 25.1 Å². The first-order chi connectivity index (χ1) is 15.7. The summed E-state index contributed by atoms with van der Waals surface area (Å²) >= 11 is 0. The second-order valence-corrected chi connectivity index (χ2v) is 9.00. The Labute approximate surface area is 190 Å². The summed E-state index contributed by atoms with van der Waals surface area (Å²) in [5, 5.41) is 9.17. The molecule has 12 heteroatoms. The van der Waals surface area contributed by atoms with Crippen LogP contribution in [0.1, 0.15) is 6.92 Å². The van der Waals surface area contributed by atoms with Gasteiger partial charge in [-0.05, 0) is 37.3 Å². The van der Waals surface area contributed by atoms with E-state index in [9.17, 15) is 22.0 Å². The number of piperazine rings is 1. The minimum absolute atomic E-state index is 0.0842. The van der Waals surface area contributed by atoms with Crippen molar-refractivity contribution in [3.63, 3.8) is 0 Å². The Bertz CT molecular complexity index is 1090. The maximum absolute atomic E-state index is 13.3. The highest BCUT2D eigenvalue weighted by atomic mass is 32.2. The van der Waals surface area contributed by atoms with Crippen molar-refractivity contribution in [2.75, 3.05) is 49.0 Å². The van der Waals surface area contributed by atoms with Crippen LogP contribution in [0.5, 0.6) is 11.5 Å². The van der Waals surface area contributed by atoms with Gasteiger partial charge in [0.15, 0.2) is 0 Å². The Morgan fingerprint density at radius 2 is 1.85 bits per heavy atom. The van der Waals surface area contributed by atoms with Gasteiger partial charge in [-0.1, -0.05) is 6.07 Å². The summed E-state index contributed by atoms with van der Waals surface area (Å²) in [5.74, 6) is 0.261. The van der Waals surface area contributed by atoms with Crippen LogP contribution in [-0.2, 0) is 10.0 Å². The Balaban J connectivity index is 1.94. The number of sulfonamides is 1. The molecule has 0 aromatic heterocycles. The molecule has 0 saturated carbocycles. The largest absolute Gasteiger partial charge is 0.495 e. The normalized spacial score (nSPS) is 14.3. The van der Waals surface area contributed by atoms with Crippen LogP contribution in [0.2, 0.25) is 0 Å². The predicted octanol–water partition coefficient (Wildman–Crippen LogP) is 3.31. The van der Waals surface area contributed by atoms with E-state index in [0.29, 0.717) is 43.3 Å². The van der Waals surface area contributed by atoms with Gasteiger partial charge in [-0.2, -0.15) is 8.78 Å². The highest BCUT2D eigenvalue weighted by Crippen LogP contribution is 2.35. The fourth-order valence-electron chi connectivity index (χ4n) is 3.65. The number of benzene rings is 2. The fourth-order valence-corrected chi connectivity index (χ4v) is 5.15. The first-order valence-electron chi connectivity index (χ1n) is 10.2. The van der Waals surface area contributed by atoms with Gasteiger partial charge in [-0.3, -0.25) is 4.31 Å². The summed E-state index contributed by atoms with van der Waals surface area (Å²) in [6.45, 7) is 0.102. The van der Waals surface area contributed by atoms with Crippen molar-refractivity contribution in [3.8, 4) is 11.5 Å². The third-order valence-electron chi connectivity index (χ3n) is 5.25. The maximum Gasteiger partial charge on any atom is 0.407 e. The molecular formula is C21H25F2N3O6S. The lowest BCUT2D eigenvalue weighted by Gasteiger charge is -2.35. The highest BCUT2D eigenvalue weighted by molar-refractivity contribution is 7.92. The molecule has 0 unspecified atom stereocenters.